The molecule has 1 unspecified atom stereocenters. The molecule has 6 nitrogen and oxygen atoms in total. The average Bonchev–Trinajstić information content (AvgIpc) is 3.00. The zero-order valence-electron chi connectivity index (χ0n) is 15.8. The maximum Gasteiger partial charge on any atom is 0.420 e. The van der Waals surface area contributed by atoms with Gasteiger partial charge in [0, 0.05) is 13.6 Å². The van der Waals surface area contributed by atoms with Crippen molar-refractivity contribution in [3.05, 3.63) is 64.6 Å². The van der Waals surface area contributed by atoms with Crippen LogP contribution in [-0.4, -0.2) is 35.6 Å². The molecule has 1 aromatic heterocycles. The van der Waals surface area contributed by atoms with E-state index >= 15 is 0 Å². The predicted molar refractivity (Wildman–Crippen MR) is 104 cm³/mol. The molecule has 0 saturated heterocycles. The van der Waals surface area contributed by atoms with Gasteiger partial charge in [0.1, 0.15) is 11.8 Å². The molecule has 142 valence electrons. The van der Waals surface area contributed by atoms with Crippen LogP contribution in [0.4, 0.5) is 0 Å². The van der Waals surface area contributed by atoms with Gasteiger partial charge in [0.15, 0.2) is 5.58 Å². The molecule has 0 bridgehead atoms. The molecular formula is C21H24N2O4. The average molecular weight is 368 g/mol. The van der Waals surface area contributed by atoms with Crippen molar-refractivity contribution in [2.45, 2.75) is 26.3 Å². The quantitative estimate of drug-likeness (QED) is 0.600. The van der Waals surface area contributed by atoms with E-state index < -0.39 is 11.8 Å². The van der Waals surface area contributed by atoms with Crippen LogP contribution in [0.15, 0.2) is 57.7 Å². The molecule has 0 N–H and O–H groups in total. The first-order valence-corrected chi connectivity index (χ1v) is 9.02. The number of amides is 1. The lowest BCUT2D eigenvalue weighted by molar-refractivity contribution is -0.133. The first-order chi connectivity index (χ1) is 13.0. The van der Waals surface area contributed by atoms with E-state index in [1.165, 1.54) is 4.57 Å². The minimum absolute atomic E-state index is 0.139. The molecular weight excluding hydrogens is 344 g/mol. The Morgan fingerprint density at radius 3 is 2.67 bits per heavy atom. The molecule has 2 aromatic carbocycles. The van der Waals surface area contributed by atoms with Crippen molar-refractivity contribution in [1.29, 1.82) is 0 Å². The van der Waals surface area contributed by atoms with Crippen LogP contribution in [0, 0.1) is 6.92 Å². The second-order valence-electron chi connectivity index (χ2n) is 6.61. The van der Waals surface area contributed by atoms with Gasteiger partial charge in [-0.2, -0.15) is 0 Å². The van der Waals surface area contributed by atoms with Gasteiger partial charge < -0.3 is 14.1 Å². The van der Waals surface area contributed by atoms with E-state index in [1.807, 2.05) is 37.3 Å². The molecule has 1 amide bonds. The summed E-state index contributed by atoms with van der Waals surface area (Å²) in [6.45, 7) is 4.77. The van der Waals surface area contributed by atoms with Crippen LogP contribution in [0.3, 0.4) is 0 Å². The minimum atomic E-state index is -0.636. The van der Waals surface area contributed by atoms with E-state index in [1.54, 1.807) is 37.1 Å². The summed E-state index contributed by atoms with van der Waals surface area (Å²) >= 11 is 0. The Morgan fingerprint density at radius 2 is 1.89 bits per heavy atom. The summed E-state index contributed by atoms with van der Waals surface area (Å²) in [5, 5.41) is 0. The minimum Gasteiger partial charge on any atom is -0.493 e. The predicted octanol–water partition coefficient (Wildman–Crippen LogP) is 3.39. The number of aromatic nitrogens is 1. The molecule has 0 aliphatic rings. The lowest BCUT2D eigenvalue weighted by Crippen LogP contribution is -2.36. The second-order valence-corrected chi connectivity index (χ2v) is 6.61. The highest BCUT2D eigenvalue weighted by molar-refractivity contribution is 5.82. The van der Waals surface area contributed by atoms with Crippen LogP contribution in [0.5, 0.6) is 5.75 Å². The highest BCUT2D eigenvalue weighted by atomic mass is 16.5. The van der Waals surface area contributed by atoms with Gasteiger partial charge in [-0.05, 0) is 44.0 Å². The van der Waals surface area contributed by atoms with Crippen LogP contribution < -0.4 is 10.5 Å². The Balaban J connectivity index is 1.59. The molecule has 0 radical (unpaired) electrons. The van der Waals surface area contributed by atoms with Crippen molar-refractivity contribution < 1.29 is 13.9 Å². The van der Waals surface area contributed by atoms with E-state index in [0.717, 1.165) is 11.3 Å². The molecule has 6 heteroatoms. The van der Waals surface area contributed by atoms with Gasteiger partial charge in [-0.1, -0.05) is 30.3 Å². The molecule has 1 heterocycles. The molecule has 1 atom stereocenters. The monoisotopic (exact) mass is 368 g/mol. The van der Waals surface area contributed by atoms with E-state index in [0.29, 0.717) is 30.7 Å². The Morgan fingerprint density at radius 1 is 1.19 bits per heavy atom. The Bertz CT molecular complexity index is 989. The Hall–Kier alpha value is -3.02. The van der Waals surface area contributed by atoms with E-state index in [9.17, 15) is 9.59 Å². The van der Waals surface area contributed by atoms with Crippen LogP contribution in [0.1, 0.15) is 24.9 Å². The number of ether oxygens (including phenoxy) is 1. The number of likely N-dealkylation sites (N-methyl/N-ethyl adjacent to an activating group) is 1. The molecule has 3 rings (SSSR count). The summed E-state index contributed by atoms with van der Waals surface area (Å²) in [6.07, 6.45) is 0.699. The first-order valence-electron chi connectivity index (χ1n) is 9.02. The normalized spacial score (nSPS) is 12.1. The number of hydrogen-bond donors (Lipinski definition) is 0. The summed E-state index contributed by atoms with van der Waals surface area (Å²) in [7, 11) is 1.74. The van der Waals surface area contributed by atoms with Crippen LogP contribution >= 0.6 is 0 Å². The van der Waals surface area contributed by atoms with Crippen LogP contribution in [0.25, 0.3) is 11.1 Å². The highest BCUT2D eigenvalue weighted by Gasteiger charge is 2.23. The molecule has 0 saturated carbocycles. The fourth-order valence-electron chi connectivity index (χ4n) is 3.09. The third-order valence-corrected chi connectivity index (χ3v) is 4.63. The molecule has 0 aliphatic carbocycles. The number of benzene rings is 2. The van der Waals surface area contributed by atoms with Gasteiger partial charge in [-0.3, -0.25) is 9.36 Å². The number of fused-ring (bicyclic) bond motifs is 1. The second kappa shape index (κ2) is 8.12. The van der Waals surface area contributed by atoms with E-state index in [-0.39, 0.29) is 5.91 Å². The van der Waals surface area contributed by atoms with Crippen molar-refractivity contribution in [1.82, 2.24) is 9.47 Å². The van der Waals surface area contributed by atoms with Crippen molar-refractivity contribution in [2.24, 2.45) is 0 Å². The smallest absolute Gasteiger partial charge is 0.420 e. The Kier molecular flexibility index (Phi) is 5.64. The SMILES string of the molecule is Cc1ccccc1OCCCN(C)C(=O)C(C)n1c(=O)oc2ccccc21. The van der Waals surface area contributed by atoms with Gasteiger partial charge in [0.05, 0.1) is 12.1 Å². The van der Waals surface area contributed by atoms with Crippen molar-refractivity contribution >= 4 is 17.0 Å². The fraction of sp³-hybridized carbons (Fsp3) is 0.333. The highest BCUT2D eigenvalue weighted by Crippen LogP contribution is 2.18. The van der Waals surface area contributed by atoms with Crippen LogP contribution in [0.2, 0.25) is 0 Å². The van der Waals surface area contributed by atoms with Gasteiger partial charge in [0.25, 0.3) is 0 Å². The number of carbonyl (C=O) groups excluding carboxylic acids is 1. The Labute approximate surface area is 158 Å². The molecule has 0 aliphatic heterocycles. The summed E-state index contributed by atoms with van der Waals surface area (Å²) < 4.78 is 12.4. The molecule has 3 aromatic rings. The fourth-order valence-corrected chi connectivity index (χ4v) is 3.09. The number of aryl methyl sites for hydroxylation is 1. The zero-order chi connectivity index (χ0) is 19.4. The number of hydrogen-bond acceptors (Lipinski definition) is 4. The summed E-state index contributed by atoms with van der Waals surface area (Å²) in [4.78, 5) is 26.5. The zero-order valence-corrected chi connectivity index (χ0v) is 15.8. The summed E-state index contributed by atoms with van der Waals surface area (Å²) in [5.74, 6) is 0.198. The largest absolute Gasteiger partial charge is 0.493 e. The van der Waals surface area contributed by atoms with Crippen LogP contribution in [-0.2, 0) is 4.79 Å². The number of nitrogens with zero attached hydrogens (tertiary/aromatic N) is 2. The lowest BCUT2D eigenvalue weighted by atomic mass is 10.2. The van der Waals surface area contributed by atoms with Gasteiger partial charge >= 0.3 is 5.76 Å². The third-order valence-electron chi connectivity index (χ3n) is 4.63. The lowest BCUT2D eigenvalue weighted by Gasteiger charge is -2.22. The van der Waals surface area contributed by atoms with Gasteiger partial charge in [0.2, 0.25) is 5.91 Å². The summed E-state index contributed by atoms with van der Waals surface area (Å²) in [5.41, 5.74) is 2.19. The first kappa shape index (κ1) is 18.8. The topological polar surface area (TPSA) is 64.7 Å². The van der Waals surface area contributed by atoms with Gasteiger partial charge in [-0.25, -0.2) is 4.79 Å². The number of para-hydroxylation sites is 3. The van der Waals surface area contributed by atoms with Crippen molar-refractivity contribution in [3.8, 4) is 5.75 Å². The maximum atomic E-state index is 12.7. The maximum absolute atomic E-state index is 12.7. The van der Waals surface area contributed by atoms with E-state index in [4.69, 9.17) is 9.15 Å². The third kappa shape index (κ3) is 4.05. The number of rotatable bonds is 7. The van der Waals surface area contributed by atoms with Gasteiger partial charge in [-0.15, -0.1) is 0 Å². The van der Waals surface area contributed by atoms with E-state index in [2.05, 4.69) is 0 Å². The summed E-state index contributed by atoms with van der Waals surface area (Å²) in [6, 6.07) is 14.3. The standard InChI is InChI=1S/C21H24N2O4/c1-15-9-4-6-11-18(15)26-14-8-13-22(3)20(24)16(2)23-17-10-5-7-12-19(17)27-21(23)25/h4-7,9-12,16H,8,13-14H2,1-3H3. The molecule has 0 fully saturated rings. The van der Waals surface area contributed by atoms with Crippen molar-refractivity contribution in [2.75, 3.05) is 20.2 Å². The number of oxazole rings is 1. The number of carbonyl (C=O) groups is 1. The molecule has 27 heavy (non-hydrogen) atoms. The molecule has 0 spiro atoms. The van der Waals surface area contributed by atoms with Crippen molar-refractivity contribution in [3.63, 3.8) is 0 Å².